The molecule has 1 atom stereocenters. The van der Waals surface area contributed by atoms with Crippen LogP contribution in [0.2, 0.25) is 0 Å². The standard InChI is InChI=1S/C9H19F3N2O/c1-2-4-14(7-9(10,11)12)6-8(13)3-5-15/h8,15H,2-7,13H2,1H3. The van der Waals surface area contributed by atoms with E-state index in [1.807, 2.05) is 6.92 Å². The Morgan fingerprint density at radius 2 is 2.00 bits per heavy atom. The highest BCUT2D eigenvalue weighted by Gasteiger charge is 2.30. The van der Waals surface area contributed by atoms with Crippen LogP contribution in [0.4, 0.5) is 13.2 Å². The van der Waals surface area contributed by atoms with E-state index < -0.39 is 18.8 Å². The molecule has 0 radical (unpaired) electrons. The highest BCUT2D eigenvalue weighted by molar-refractivity contribution is 4.70. The monoisotopic (exact) mass is 228 g/mol. The van der Waals surface area contributed by atoms with Crippen LogP contribution < -0.4 is 5.73 Å². The Morgan fingerprint density at radius 1 is 1.40 bits per heavy atom. The van der Waals surface area contributed by atoms with Gasteiger partial charge in [-0.25, -0.2) is 0 Å². The van der Waals surface area contributed by atoms with E-state index in [9.17, 15) is 13.2 Å². The molecule has 0 saturated heterocycles. The van der Waals surface area contributed by atoms with Crippen molar-refractivity contribution in [3.8, 4) is 0 Å². The normalized spacial score (nSPS) is 14.6. The maximum atomic E-state index is 12.1. The van der Waals surface area contributed by atoms with Gasteiger partial charge in [-0.2, -0.15) is 13.2 Å². The lowest BCUT2D eigenvalue weighted by molar-refractivity contribution is -0.146. The molecule has 0 heterocycles. The Labute approximate surface area is 88.0 Å². The predicted molar refractivity (Wildman–Crippen MR) is 52.5 cm³/mol. The summed E-state index contributed by atoms with van der Waals surface area (Å²) in [5.41, 5.74) is 5.57. The second-order valence-corrected chi connectivity index (χ2v) is 3.62. The minimum Gasteiger partial charge on any atom is -0.396 e. The number of rotatable bonds is 7. The summed E-state index contributed by atoms with van der Waals surface area (Å²) < 4.78 is 36.4. The van der Waals surface area contributed by atoms with Crippen molar-refractivity contribution >= 4 is 0 Å². The number of halogens is 3. The van der Waals surface area contributed by atoms with Crippen molar-refractivity contribution in [1.82, 2.24) is 4.90 Å². The van der Waals surface area contributed by atoms with Gasteiger partial charge in [-0.05, 0) is 19.4 Å². The molecule has 0 spiro atoms. The lowest BCUT2D eigenvalue weighted by Gasteiger charge is -2.25. The maximum absolute atomic E-state index is 12.1. The molecule has 0 rings (SSSR count). The highest BCUT2D eigenvalue weighted by Crippen LogP contribution is 2.16. The summed E-state index contributed by atoms with van der Waals surface area (Å²) in [6.45, 7) is 1.35. The van der Waals surface area contributed by atoms with Gasteiger partial charge in [0.15, 0.2) is 0 Å². The van der Waals surface area contributed by atoms with E-state index in [2.05, 4.69) is 0 Å². The van der Waals surface area contributed by atoms with Crippen molar-refractivity contribution in [2.24, 2.45) is 5.73 Å². The van der Waals surface area contributed by atoms with Crippen molar-refractivity contribution in [2.45, 2.75) is 32.0 Å². The summed E-state index contributed by atoms with van der Waals surface area (Å²) in [5, 5.41) is 8.59. The van der Waals surface area contributed by atoms with E-state index in [1.54, 1.807) is 0 Å². The minimum absolute atomic E-state index is 0.0901. The third-order valence-electron chi connectivity index (χ3n) is 1.94. The fraction of sp³-hybridized carbons (Fsp3) is 1.00. The molecule has 3 N–H and O–H groups in total. The van der Waals surface area contributed by atoms with Gasteiger partial charge >= 0.3 is 6.18 Å². The molecule has 0 saturated carbocycles. The summed E-state index contributed by atoms with van der Waals surface area (Å²) in [5.74, 6) is 0. The molecule has 0 aliphatic rings. The fourth-order valence-corrected chi connectivity index (χ4v) is 1.39. The number of alkyl halides is 3. The number of hydrogen-bond donors (Lipinski definition) is 2. The molecular formula is C9H19F3N2O. The smallest absolute Gasteiger partial charge is 0.396 e. The first-order valence-electron chi connectivity index (χ1n) is 5.04. The molecule has 0 amide bonds. The van der Waals surface area contributed by atoms with E-state index >= 15 is 0 Å². The quantitative estimate of drug-likeness (QED) is 0.682. The summed E-state index contributed by atoms with van der Waals surface area (Å²) >= 11 is 0. The Kier molecular flexibility index (Phi) is 6.87. The molecule has 0 aliphatic carbocycles. The van der Waals surface area contributed by atoms with Crippen LogP contribution in [0, 0.1) is 0 Å². The van der Waals surface area contributed by atoms with E-state index in [1.165, 1.54) is 4.90 Å². The first-order chi connectivity index (χ1) is 6.89. The van der Waals surface area contributed by atoms with Gasteiger partial charge in [0.1, 0.15) is 0 Å². The van der Waals surface area contributed by atoms with Crippen molar-refractivity contribution in [3.63, 3.8) is 0 Å². The number of aliphatic hydroxyl groups is 1. The van der Waals surface area contributed by atoms with Crippen molar-refractivity contribution < 1.29 is 18.3 Å². The van der Waals surface area contributed by atoms with Crippen molar-refractivity contribution in [2.75, 3.05) is 26.2 Å². The Balaban J connectivity index is 4.03. The van der Waals surface area contributed by atoms with Crippen LogP contribution in [0.5, 0.6) is 0 Å². The van der Waals surface area contributed by atoms with Crippen LogP contribution in [0.1, 0.15) is 19.8 Å². The summed E-state index contributed by atoms with van der Waals surface area (Å²) in [6.07, 6.45) is -3.20. The van der Waals surface area contributed by atoms with Crippen LogP contribution in [-0.4, -0.2) is 48.5 Å². The number of hydrogen-bond acceptors (Lipinski definition) is 3. The zero-order valence-electron chi connectivity index (χ0n) is 8.93. The van der Waals surface area contributed by atoms with Gasteiger partial charge in [-0.15, -0.1) is 0 Å². The Hall–Kier alpha value is -0.330. The van der Waals surface area contributed by atoms with E-state index in [-0.39, 0.29) is 13.2 Å². The number of nitrogens with zero attached hydrogens (tertiary/aromatic N) is 1. The van der Waals surface area contributed by atoms with E-state index in [4.69, 9.17) is 10.8 Å². The zero-order chi connectivity index (χ0) is 11.9. The molecule has 0 aromatic rings. The number of nitrogens with two attached hydrogens (primary N) is 1. The second-order valence-electron chi connectivity index (χ2n) is 3.62. The average Bonchev–Trinajstić information content (AvgIpc) is 2.01. The molecular weight excluding hydrogens is 209 g/mol. The lowest BCUT2D eigenvalue weighted by Crippen LogP contribution is -2.43. The van der Waals surface area contributed by atoms with Gasteiger partial charge in [0, 0.05) is 19.2 Å². The van der Waals surface area contributed by atoms with Gasteiger partial charge in [-0.1, -0.05) is 6.92 Å². The van der Waals surface area contributed by atoms with Gasteiger partial charge in [0.05, 0.1) is 6.54 Å². The lowest BCUT2D eigenvalue weighted by atomic mass is 10.2. The van der Waals surface area contributed by atoms with Crippen LogP contribution in [-0.2, 0) is 0 Å². The predicted octanol–water partition coefficient (Wildman–Crippen LogP) is 0.970. The van der Waals surface area contributed by atoms with Crippen LogP contribution >= 0.6 is 0 Å². The summed E-state index contributed by atoms with van der Waals surface area (Å²) in [4.78, 5) is 1.28. The number of aliphatic hydroxyl groups excluding tert-OH is 1. The molecule has 92 valence electrons. The average molecular weight is 228 g/mol. The molecule has 15 heavy (non-hydrogen) atoms. The minimum atomic E-state index is -4.19. The molecule has 0 aromatic heterocycles. The van der Waals surface area contributed by atoms with Gasteiger partial charge in [0.25, 0.3) is 0 Å². The van der Waals surface area contributed by atoms with Gasteiger partial charge in [-0.3, -0.25) is 4.90 Å². The van der Waals surface area contributed by atoms with Gasteiger partial charge < -0.3 is 10.8 Å². The molecule has 3 nitrogen and oxygen atoms in total. The first-order valence-corrected chi connectivity index (χ1v) is 5.04. The molecule has 0 fully saturated rings. The fourth-order valence-electron chi connectivity index (χ4n) is 1.39. The highest BCUT2D eigenvalue weighted by atomic mass is 19.4. The zero-order valence-corrected chi connectivity index (χ0v) is 8.93. The topological polar surface area (TPSA) is 49.5 Å². The first kappa shape index (κ1) is 14.7. The molecule has 0 aromatic carbocycles. The molecule has 0 aliphatic heterocycles. The molecule has 0 bridgehead atoms. The van der Waals surface area contributed by atoms with Crippen LogP contribution in [0.3, 0.4) is 0 Å². The summed E-state index contributed by atoms with van der Waals surface area (Å²) in [7, 11) is 0. The molecule has 6 heteroatoms. The summed E-state index contributed by atoms with van der Waals surface area (Å²) in [6, 6.07) is -0.399. The molecule has 1 unspecified atom stereocenters. The third kappa shape index (κ3) is 8.65. The van der Waals surface area contributed by atoms with Crippen molar-refractivity contribution in [1.29, 1.82) is 0 Å². The third-order valence-corrected chi connectivity index (χ3v) is 1.94. The van der Waals surface area contributed by atoms with E-state index in [0.717, 1.165) is 0 Å². The van der Waals surface area contributed by atoms with Crippen LogP contribution in [0.15, 0.2) is 0 Å². The Bertz CT molecular complexity index is 164. The largest absolute Gasteiger partial charge is 0.401 e. The SMILES string of the molecule is CCCN(CC(N)CCO)CC(F)(F)F. The van der Waals surface area contributed by atoms with Gasteiger partial charge in [0.2, 0.25) is 0 Å². The van der Waals surface area contributed by atoms with Crippen molar-refractivity contribution in [3.05, 3.63) is 0 Å². The van der Waals surface area contributed by atoms with Crippen LogP contribution in [0.25, 0.3) is 0 Å². The second kappa shape index (κ2) is 7.03. The maximum Gasteiger partial charge on any atom is 0.401 e. The van der Waals surface area contributed by atoms with E-state index in [0.29, 0.717) is 19.4 Å². The Morgan fingerprint density at radius 3 is 2.40 bits per heavy atom.